The standard InChI is InChI=1S/C20H22BrClO3/c1-4-13-10-16(21)19(11-14(13)5-2)24-12-15-17(22)8-7-9-18(15)25-20(23)6-3/h7-11H,4-6,12H2,1-3H3. The highest BCUT2D eigenvalue weighted by molar-refractivity contribution is 9.10. The maximum atomic E-state index is 11.6. The van der Waals surface area contributed by atoms with Crippen LogP contribution in [-0.4, -0.2) is 5.97 Å². The van der Waals surface area contributed by atoms with Gasteiger partial charge < -0.3 is 9.47 Å². The fraction of sp³-hybridized carbons (Fsp3) is 0.350. The summed E-state index contributed by atoms with van der Waals surface area (Å²) in [5.74, 6) is 0.892. The summed E-state index contributed by atoms with van der Waals surface area (Å²) in [5.41, 5.74) is 3.23. The number of carbonyl (C=O) groups excluding carboxylic acids is 1. The van der Waals surface area contributed by atoms with Crippen molar-refractivity contribution in [2.45, 2.75) is 46.6 Å². The molecule has 0 amide bonds. The zero-order valence-corrected chi connectivity index (χ0v) is 17.0. The zero-order valence-electron chi connectivity index (χ0n) is 14.7. The van der Waals surface area contributed by atoms with Gasteiger partial charge in [0.2, 0.25) is 0 Å². The molecule has 0 fully saturated rings. The van der Waals surface area contributed by atoms with Crippen LogP contribution in [0.4, 0.5) is 0 Å². The molecule has 2 aromatic rings. The van der Waals surface area contributed by atoms with Gasteiger partial charge in [-0.3, -0.25) is 4.79 Å². The van der Waals surface area contributed by atoms with E-state index in [0.717, 1.165) is 23.1 Å². The highest BCUT2D eigenvalue weighted by Gasteiger charge is 2.14. The number of halogens is 2. The summed E-state index contributed by atoms with van der Waals surface area (Å²) in [4.78, 5) is 11.6. The van der Waals surface area contributed by atoms with Crippen LogP contribution in [0.1, 0.15) is 43.9 Å². The van der Waals surface area contributed by atoms with E-state index in [2.05, 4.69) is 41.9 Å². The van der Waals surface area contributed by atoms with Crippen molar-refractivity contribution in [2.75, 3.05) is 0 Å². The van der Waals surface area contributed by atoms with E-state index in [1.807, 2.05) is 0 Å². The topological polar surface area (TPSA) is 35.5 Å². The van der Waals surface area contributed by atoms with Gasteiger partial charge in [0.1, 0.15) is 18.1 Å². The zero-order chi connectivity index (χ0) is 18.4. The van der Waals surface area contributed by atoms with Crippen molar-refractivity contribution in [3.05, 3.63) is 56.5 Å². The van der Waals surface area contributed by atoms with Crippen molar-refractivity contribution in [1.82, 2.24) is 0 Å². The fourth-order valence-electron chi connectivity index (χ4n) is 2.52. The Morgan fingerprint density at radius 2 is 1.76 bits per heavy atom. The smallest absolute Gasteiger partial charge is 0.310 e. The highest BCUT2D eigenvalue weighted by Crippen LogP contribution is 2.33. The van der Waals surface area contributed by atoms with Gasteiger partial charge >= 0.3 is 5.97 Å². The number of hydrogen-bond acceptors (Lipinski definition) is 3. The first kappa shape index (κ1) is 19.8. The van der Waals surface area contributed by atoms with Gasteiger partial charge in [0.25, 0.3) is 0 Å². The van der Waals surface area contributed by atoms with E-state index >= 15 is 0 Å². The van der Waals surface area contributed by atoms with Crippen molar-refractivity contribution in [3.63, 3.8) is 0 Å². The number of ether oxygens (including phenoxy) is 2. The predicted octanol–water partition coefficient (Wildman–Crippen LogP) is 6.12. The van der Waals surface area contributed by atoms with Crippen molar-refractivity contribution in [1.29, 1.82) is 0 Å². The molecule has 0 aliphatic heterocycles. The van der Waals surface area contributed by atoms with E-state index < -0.39 is 0 Å². The maximum absolute atomic E-state index is 11.6. The van der Waals surface area contributed by atoms with Gasteiger partial charge in [-0.2, -0.15) is 0 Å². The Kier molecular flexibility index (Phi) is 7.33. The summed E-state index contributed by atoms with van der Waals surface area (Å²) in [6, 6.07) is 9.39. The van der Waals surface area contributed by atoms with Crippen molar-refractivity contribution >= 4 is 33.5 Å². The lowest BCUT2D eigenvalue weighted by Crippen LogP contribution is -2.09. The van der Waals surface area contributed by atoms with E-state index in [-0.39, 0.29) is 12.6 Å². The summed E-state index contributed by atoms with van der Waals surface area (Å²) >= 11 is 9.86. The molecule has 25 heavy (non-hydrogen) atoms. The largest absolute Gasteiger partial charge is 0.488 e. The Morgan fingerprint density at radius 3 is 2.40 bits per heavy atom. The lowest BCUT2D eigenvalue weighted by molar-refractivity contribution is -0.134. The Hall–Kier alpha value is -1.52. The number of rotatable bonds is 7. The van der Waals surface area contributed by atoms with E-state index in [0.29, 0.717) is 22.8 Å². The predicted molar refractivity (Wildman–Crippen MR) is 105 cm³/mol. The molecule has 0 N–H and O–H groups in total. The molecule has 0 heterocycles. The summed E-state index contributed by atoms with van der Waals surface area (Å²) in [6.07, 6.45) is 2.22. The van der Waals surface area contributed by atoms with Gasteiger partial charge in [0, 0.05) is 6.42 Å². The second-order valence-corrected chi connectivity index (χ2v) is 6.85. The lowest BCUT2D eigenvalue weighted by atomic mass is 10.0. The molecule has 0 saturated heterocycles. The lowest BCUT2D eigenvalue weighted by Gasteiger charge is -2.15. The Labute approximate surface area is 162 Å². The normalized spacial score (nSPS) is 10.6. The number of benzene rings is 2. The van der Waals surface area contributed by atoms with E-state index in [4.69, 9.17) is 21.1 Å². The van der Waals surface area contributed by atoms with Gasteiger partial charge in [-0.05, 0) is 64.2 Å². The molecule has 2 aromatic carbocycles. The number of esters is 1. The molecular weight excluding hydrogens is 404 g/mol. The van der Waals surface area contributed by atoms with Crippen LogP contribution in [0.2, 0.25) is 5.02 Å². The molecule has 0 unspecified atom stereocenters. The van der Waals surface area contributed by atoms with Crippen LogP contribution < -0.4 is 9.47 Å². The maximum Gasteiger partial charge on any atom is 0.310 e. The van der Waals surface area contributed by atoms with Crippen molar-refractivity contribution < 1.29 is 14.3 Å². The third-order valence-electron chi connectivity index (χ3n) is 3.98. The number of aryl methyl sites for hydroxylation is 2. The van der Waals surface area contributed by atoms with E-state index in [1.54, 1.807) is 25.1 Å². The molecule has 0 aromatic heterocycles. The van der Waals surface area contributed by atoms with Crippen LogP contribution in [0, 0.1) is 0 Å². The van der Waals surface area contributed by atoms with Crippen LogP contribution in [0.25, 0.3) is 0 Å². The highest BCUT2D eigenvalue weighted by atomic mass is 79.9. The average Bonchev–Trinajstić information content (AvgIpc) is 2.61. The van der Waals surface area contributed by atoms with Crippen molar-refractivity contribution in [2.24, 2.45) is 0 Å². The van der Waals surface area contributed by atoms with Gasteiger partial charge in [-0.15, -0.1) is 0 Å². The molecule has 134 valence electrons. The number of carbonyl (C=O) groups is 1. The van der Waals surface area contributed by atoms with Crippen molar-refractivity contribution in [3.8, 4) is 11.5 Å². The van der Waals surface area contributed by atoms with Gasteiger partial charge in [0.05, 0.1) is 15.1 Å². The summed E-state index contributed by atoms with van der Waals surface area (Å²) in [7, 11) is 0. The third kappa shape index (κ3) is 4.99. The quantitative estimate of drug-likeness (QED) is 0.396. The Balaban J connectivity index is 2.26. The number of hydrogen-bond donors (Lipinski definition) is 0. The second kappa shape index (κ2) is 9.25. The minimum atomic E-state index is -0.301. The van der Waals surface area contributed by atoms with E-state index in [1.165, 1.54) is 11.1 Å². The summed E-state index contributed by atoms with van der Waals surface area (Å²) in [5, 5.41) is 0.512. The van der Waals surface area contributed by atoms with Crippen LogP contribution in [0.5, 0.6) is 11.5 Å². The monoisotopic (exact) mass is 424 g/mol. The van der Waals surface area contributed by atoms with Gasteiger partial charge in [0.15, 0.2) is 0 Å². The molecular formula is C20H22BrClO3. The summed E-state index contributed by atoms with van der Waals surface area (Å²) in [6.45, 7) is 6.24. The van der Waals surface area contributed by atoms with Gasteiger partial charge in [-0.1, -0.05) is 38.4 Å². The molecule has 0 saturated carbocycles. The molecule has 0 bridgehead atoms. The minimum Gasteiger partial charge on any atom is -0.488 e. The SMILES string of the molecule is CCC(=O)Oc1cccc(Cl)c1COc1cc(CC)c(CC)cc1Br. The summed E-state index contributed by atoms with van der Waals surface area (Å²) < 4.78 is 12.2. The average molecular weight is 426 g/mol. The molecule has 3 nitrogen and oxygen atoms in total. The van der Waals surface area contributed by atoms with Crippen LogP contribution in [0.3, 0.4) is 0 Å². The molecule has 5 heteroatoms. The van der Waals surface area contributed by atoms with Crippen LogP contribution >= 0.6 is 27.5 Å². The third-order valence-corrected chi connectivity index (χ3v) is 4.95. The first-order valence-corrected chi connectivity index (χ1v) is 9.59. The molecule has 0 aliphatic carbocycles. The fourth-order valence-corrected chi connectivity index (χ4v) is 3.25. The Bertz CT molecular complexity index is 759. The van der Waals surface area contributed by atoms with Crippen LogP contribution in [-0.2, 0) is 24.2 Å². The second-order valence-electron chi connectivity index (χ2n) is 5.59. The van der Waals surface area contributed by atoms with Gasteiger partial charge in [-0.25, -0.2) is 0 Å². The molecule has 0 aliphatic rings. The van der Waals surface area contributed by atoms with Crippen LogP contribution in [0.15, 0.2) is 34.8 Å². The molecule has 2 rings (SSSR count). The first-order valence-electron chi connectivity index (χ1n) is 8.42. The Morgan fingerprint density at radius 1 is 1.08 bits per heavy atom. The molecule has 0 atom stereocenters. The molecule has 0 radical (unpaired) electrons. The van der Waals surface area contributed by atoms with E-state index in [9.17, 15) is 4.79 Å². The minimum absolute atomic E-state index is 0.221. The molecule has 0 spiro atoms. The first-order chi connectivity index (χ1) is 12.0.